The summed E-state index contributed by atoms with van der Waals surface area (Å²) in [4.78, 5) is 9.80. The van der Waals surface area contributed by atoms with Crippen molar-refractivity contribution in [3.05, 3.63) is 35.9 Å². The molecule has 0 spiro atoms. The highest BCUT2D eigenvalue weighted by Crippen LogP contribution is 2.28. The largest absolute Gasteiger partial charge is 0.357 e. The second-order valence-electron chi connectivity index (χ2n) is 7.19. The van der Waals surface area contributed by atoms with E-state index in [-0.39, 0.29) is 0 Å². The van der Waals surface area contributed by atoms with E-state index in [0.717, 1.165) is 70.8 Å². The standard InChI is InChI=1S/C20H33N5/c1-2-21-20(23-16-18-8-9-18)22-10-11-24-12-14-25(15-13-24)17-19-6-4-3-5-7-19/h3-7,18H,2,8-17H2,1H3,(H2,21,22,23). The Labute approximate surface area is 152 Å². The summed E-state index contributed by atoms with van der Waals surface area (Å²) in [5.74, 6) is 1.82. The molecule has 3 rings (SSSR count). The zero-order chi connectivity index (χ0) is 17.3. The summed E-state index contributed by atoms with van der Waals surface area (Å²) in [6, 6.07) is 10.8. The van der Waals surface area contributed by atoms with Gasteiger partial charge in [0.15, 0.2) is 5.96 Å². The van der Waals surface area contributed by atoms with Gasteiger partial charge in [0.25, 0.3) is 0 Å². The van der Waals surface area contributed by atoms with E-state index in [2.05, 4.69) is 62.7 Å². The van der Waals surface area contributed by atoms with Crippen LogP contribution in [0.4, 0.5) is 0 Å². The van der Waals surface area contributed by atoms with Crippen LogP contribution in [0.15, 0.2) is 35.3 Å². The van der Waals surface area contributed by atoms with Crippen LogP contribution >= 0.6 is 0 Å². The van der Waals surface area contributed by atoms with E-state index >= 15 is 0 Å². The predicted molar refractivity (Wildman–Crippen MR) is 105 cm³/mol. The van der Waals surface area contributed by atoms with Gasteiger partial charge in [0.2, 0.25) is 0 Å². The summed E-state index contributed by atoms with van der Waals surface area (Å²) in [5.41, 5.74) is 1.42. The van der Waals surface area contributed by atoms with Gasteiger partial charge in [0, 0.05) is 58.9 Å². The van der Waals surface area contributed by atoms with Crippen LogP contribution in [-0.2, 0) is 6.54 Å². The molecule has 2 N–H and O–H groups in total. The van der Waals surface area contributed by atoms with Crippen molar-refractivity contribution in [2.75, 3.05) is 52.4 Å². The zero-order valence-corrected chi connectivity index (χ0v) is 15.6. The number of piperazine rings is 1. The number of nitrogens with zero attached hydrogens (tertiary/aromatic N) is 3. The Bertz CT molecular complexity index is 518. The fraction of sp³-hybridized carbons (Fsp3) is 0.650. The summed E-state index contributed by atoms with van der Waals surface area (Å²) >= 11 is 0. The van der Waals surface area contributed by atoms with Gasteiger partial charge in [-0.25, -0.2) is 0 Å². The molecular weight excluding hydrogens is 310 g/mol. The molecule has 0 radical (unpaired) electrons. The molecule has 1 saturated carbocycles. The molecule has 2 aliphatic rings. The minimum Gasteiger partial charge on any atom is -0.357 e. The first-order valence-corrected chi connectivity index (χ1v) is 9.84. The Kier molecular flexibility index (Phi) is 7.12. The molecule has 1 heterocycles. The third kappa shape index (κ3) is 6.67. The predicted octanol–water partition coefficient (Wildman–Crippen LogP) is 1.77. The number of nitrogens with one attached hydrogen (secondary N) is 2. The number of guanidine groups is 1. The van der Waals surface area contributed by atoms with Crippen LogP contribution in [0.25, 0.3) is 0 Å². The molecule has 138 valence electrons. The topological polar surface area (TPSA) is 42.9 Å². The molecule has 0 aromatic heterocycles. The number of hydrogen-bond acceptors (Lipinski definition) is 3. The van der Waals surface area contributed by atoms with Crippen molar-refractivity contribution in [2.45, 2.75) is 26.3 Å². The third-order valence-electron chi connectivity index (χ3n) is 4.98. The Morgan fingerprint density at radius 2 is 1.76 bits per heavy atom. The van der Waals surface area contributed by atoms with Gasteiger partial charge in [-0.1, -0.05) is 30.3 Å². The molecule has 5 nitrogen and oxygen atoms in total. The van der Waals surface area contributed by atoms with Gasteiger partial charge in [-0.3, -0.25) is 14.8 Å². The van der Waals surface area contributed by atoms with Crippen LogP contribution < -0.4 is 10.6 Å². The Balaban J connectivity index is 1.32. The average molecular weight is 344 g/mol. The van der Waals surface area contributed by atoms with Gasteiger partial charge < -0.3 is 10.6 Å². The first-order chi connectivity index (χ1) is 12.3. The Morgan fingerprint density at radius 3 is 2.44 bits per heavy atom. The van der Waals surface area contributed by atoms with Gasteiger partial charge in [-0.05, 0) is 31.2 Å². The molecule has 2 fully saturated rings. The van der Waals surface area contributed by atoms with Crippen molar-refractivity contribution in [3.63, 3.8) is 0 Å². The quantitative estimate of drug-likeness (QED) is 0.558. The molecule has 0 amide bonds. The summed E-state index contributed by atoms with van der Waals surface area (Å²) in [5, 5.41) is 6.84. The normalized spacial score (nSPS) is 19.8. The van der Waals surface area contributed by atoms with Crippen molar-refractivity contribution in [2.24, 2.45) is 10.9 Å². The van der Waals surface area contributed by atoms with E-state index in [9.17, 15) is 0 Å². The molecule has 0 bridgehead atoms. The highest BCUT2D eigenvalue weighted by atomic mass is 15.3. The number of hydrogen-bond donors (Lipinski definition) is 2. The number of benzene rings is 1. The average Bonchev–Trinajstić information content (AvgIpc) is 3.46. The molecule has 1 aromatic carbocycles. The van der Waals surface area contributed by atoms with Gasteiger partial charge in [-0.2, -0.15) is 0 Å². The van der Waals surface area contributed by atoms with Crippen molar-refractivity contribution >= 4 is 5.96 Å². The van der Waals surface area contributed by atoms with Crippen LogP contribution in [0.3, 0.4) is 0 Å². The molecule has 5 heteroatoms. The lowest BCUT2D eigenvalue weighted by atomic mass is 10.2. The van der Waals surface area contributed by atoms with Gasteiger partial charge in [0.1, 0.15) is 0 Å². The Morgan fingerprint density at radius 1 is 1.04 bits per heavy atom. The molecule has 25 heavy (non-hydrogen) atoms. The van der Waals surface area contributed by atoms with E-state index in [1.54, 1.807) is 0 Å². The van der Waals surface area contributed by atoms with Gasteiger partial charge in [-0.15, -0.1) is 0 Å². The monoisotopic (exact) mass is 343 g/mol. The third-order valence-corrected chi connectivity index (χ3v) is 4.98. The first kappa shape index (κ1) is 18.2. The highest BCUT2D eigenvalue weighted by molar-refractivity contribution is 5.79. The van der Waals surface area contributed by atoms with Crippen molar-refractivity contribution in [1.82, 2.24) is 20.4 Å². The lowest BCUT2D eigenvalue weighted by Crippen LogP contribution is -2.49. The maximum Gasteiger partial charge on any atom is 0.191 e. The van der Waals surface area contributed by atoms with Crippen molar-refractivity contribution < 1.29 is 0 Å². The summed E-state index contributed by atoms with van der Waals surface area (Å²) in [6.07, 6.45) is 2.71. The minimum absolute atomic E-state index is 0.841. The summed E-state index contributed by atoms with van der Waals surface area (Å²) < 4.78 is 0. The molecule has 0 atom stereocenters. The SMILES string of the molecule is CCNC(=NCC1CC1)NCCN1CCN(Cc2ccccc2)CC1. The fourth-order valence-electron chi connectivity index (χ4n) is 3.21. The second kappa shape index (κ2) is 9.78. The van der Waals surface area contributed by atoms with Crippen LogP contribution in [-0.4, -0.2) is 68.1 Å². The number of rotatable bonds is 8. The lowest BCUT2D eigenvalue weighted by molar-refractivity contribution is 0.129. The number of aliphatic imine (C=N–C) groups is 1. The summed E-state index contributed by atoms with van der Waals surface area (Å²) in [6.45, 7) is 11.8. The maximum absolute atomic E-state index is 4.68. The molecule has 0 unspecified atom stereocenters. The van der Waals surface area contributed by atoms with E-state index in [1.807, 2.05) is 0 Å². The smallest absolute Gasteiger partial charge is 0.191 e. The zero-order valence-electron chi connectivity index (χ0n) is 15.6. The minimum atomic E-state index is 0.841. The van der Waals surface area contributed by atoms with E-state index in [0.29, 0.717) is 0 Å². The van der Waals surface area contributed by atoms with Crippen LogP contribution in [0.2, 0.25) is 0 Å². The molecular formula is C20H33N5. The Hall–Kier alpha value is -1.59. The maximum atomic E-state index is 4.68. The first-order valence-electron chi connectivity index (χ1n) is 9.84. The summed E-state index contributed by atoms with van der Waals surface area (Å²) in [7, 11) is 0. The van der Waals surface area contributed by atoms with Gasteiger partial charge in [0.05, 0.1) is 0 Å². The van der Waals surface area contributed by atoms with E-state index in [1.165, 1.54) is 18.4 Å². The van der Waals surface area contributed by atoms with Crippen LogP contribution in [0, 0.1) is 5.92 Å². The van der Waals surface area contributed by atoms with Gasteiger partial charge >= 0.3 is 0 Å². The highest BCUT2D eigenvalue weighted by Gasteiger charge is 2.20. The second-order valence-corrected chi connectivity index (χ2v) is 7.19. The van der Waals surface area contributed by atoms with E-state index < -0.39 is 0 Å². The lowest BCUT2D eigenvalue weighted by Gasteiger charge is -2.34. The van der Waals surface area contributed by atoms with Crippen LogP contribution in [0.1, 0.15) is 25.3 Å². The fourth-order valence-corrected chi connectivity index (χ4v) is 3.21. The molecule has 1 aliphatic carbocycles. The van der Waals surface area contributed by atoms with Crippen molar-refractivity contribution in [3.8, 4) is 0 Å². The molecule has 1 aromatic rings. The molecule has 1 aliphatic heterocycles. The van der Waals surface area contributed by atoms with Crippen molar-refractivity contribution in [1.29, 1.82) is 0 Å². The van der Waals surface area contributed by atoms with Crippen LogP contribution in [0.5, 0.6) is 0 Å². The van der Waals surface area contributed by atoms with E-state index in [4.69, 9.17) is 0 Å². The molecule has 1 saturated heterocycles.